The minimum atomic E-state index is -0.525. The number of aliphatic hydroxyl groups is 1. The fraction of sp³-hybridized carbons (Fsp3) is 0.0909. The molecular weight excluding hydrogens is 192 g/mol. The van der Waals surface area contributed by atoms with E-state index >= 15 is 0 Å². The first-order chi connectivity index (χ1) is 7.31. The Morgan fingerprint density at radius 3 is 2.93 bits per heavy atom. The van der Waals surface area contributed by atoms with Crippen molar-refractivity contribution in [2.75, 3.05) is 11.9 Å². The number of aliphatic hydroxyl groups excluding tert-OH is 1. The molecule has 0 saturated heterocycles. The molecule has 0 aliphatic rings. The molecule has 4 nitrogen and oxygen atoms in total. The first kappa shape index (κ1) is 9.61. The quantitative estimate of drug-likeness (QED) is 0.768. The third-order valence-electron chi connectivity index (χ3n) is 2.05. The van der Waals surface area contributed by atoms with E-state index in [1.807, 2.05) is 24.3 Å². The van der Waals surface area contributed by atoms with Crippen molar-refractivity contribution in [1.82, 2.24) is 4.98 Å². The number of carbonyl (C=O) groups is 1. The third-order valence-corrected chi connectivity index (χ3v) is 2.05. The fourth-order valence-electron chi connectivity index (χ4n) is 1.39. The summed E-state index contributed by atoms with van der Waals surface area (Å²) in [7, 11) is 0. The Balaban J connectivity index is 2.46. The van der Waals surface area contributed by atoms with Crippen LogP contribution in [0.15, 0.2) is 36.5 Å². The highest BCUT2D eigenvalue weighted by Crippen LogP contribution is 2.20. The summed E-state index contributed by atoms with van der Waals surface area (Å²) in [4.78, 5) is 15.2. The second kappa shape index (κ2) is 4.06. The number of fused-ring (bicyclic) bond motifs is 1. The number of nitrogens with one attached hydrogen (secondary N) is 1. The number of benzene rings is 1. The van der Waals surface area contributed by atoms with Crippen LogP contribution in [0.25, 0.3) is 10.9 Å². The summed E-state index contributed by atoms with van der Waals surface area (Å²) in [6.07, 6.45) is 1.66. The molecule has 76 valence electrons. The van der Waals surface area contributed by atoms with Gasteiger partial charge >= 0.3 is 0 Å². The van der Waals surface area contributed by atoms with Gasteiger partial charge in [-0.25, -0.2) is 0 Å². The number of rotatable bonds is 2. The van der Waals surface area contributed by atoms with E-state index in [2.05, 4.69) is 10.3 Å². The van der Waals surface area contributed by atoms with Gasteiger partial charge in [0.05, 0.1) is 11.2 Å². The van der Waals surface area contributed by atoms with E-state index in [0.717, 1.165) is 10.9 Å². The van der Waals surface area contributed by atoms with Crippen LogP contribution in [0.4, 0.5) is 5.69 Å². The standard InChI is InChI=1S/C11H10N2O2/c14-7-10(15)13-9-5-1-3-8-4-2-6-12-11(8)9/h1-6,14H,7H2,(H,13,15). The number of para-hydroxylation sites is 1. The summed E-state index contributed by atoms with van der Waals surface area (Å²) >= 11 is 0. The van der Waals surface area contributed by atoms with Gasteiger partial charge in [-0.3, -0.25) is 9.78 Å². The van der Waals surface area contributed by atoms with Crippen molar-refractivity contribution in [3.63, 3.8) is 0 Å². The fourth-order valence-corrected chi connectivity index (χ4v) is 1.39. The van der Waals surface area contributed by atoms with Crippen molar-refractivity contribution in [3.8, 4) is 0 Å². The molecular formula is C11H10N2O2. The molecule has 2 N–H and O–H groups in total. The lowest BCUT2D eigenvalue weighted by Gasteiger charge is -2.05. The van der Waals surface area contributed by atoms with Crippen molar-refractivity contribution in [1.29, 1.82) is 0 Å². The molecule has 2 aromatic rings. The smallest absolute Gasteiger partial charge is 0.250 e. The van der Waals surface area contributed by atoms with E-state index in [-0.39, 0.29) is 0 Å². The predicted molar refractivity (Wildman–Crippen MR) is 57.5 cm³/mol. The average Bonchev–Trinajstić information content (AvgIpc) is 2.29. The Bertz CT molecular complexity index is 491. The molecule has 0 aliphatic carbocycles. The van der Waals surface area contributed by atoms with E-state index in [0.29, 0.717) is 5.69 Å². The van der Waals surface area contributed by atoms with Gasteiger partial charge in [0.15, 0.2) is 0 Å². The van der Waals surface area contributed by atoms with Crippen LogP contribution >= 0.6 is 0 Å². The van der Waals surface area contributed by atoms with Gasteiger partial charge in [0.2, 0.25) is 5.91 Å². The molecule has 1 heterocycles. The predicted octanol–water partition coefficient (Wildman–Crippen LogP) is 1.17. The number of amides is 1. The summed E-state index contributed by atoms with van der Waals surface area (Å²) in [5.74, 6) is -0.437. The van der Waals surface area contributed by atoms with Crippen LogP contribution in [-0.4, -0.2) is 22.6 Å². The highest BCUT2D eigenvalue weighted by Gasteiger charge is 2.04. The summed E-state index contributed by atoms with van der Waals surface area (Å²) in [6, 6.07) is 9.24. The van der Waals surface area contributed by atoms with E-state index in [1.54, 1.807) is 12.3 Å². The molecule has 0 radical (unpaired) electrons. The van der Waals surface area contributed by atoms with Gasteiger partial charge in [0.25, 0.3) is 0 Å². The summed E-state index contributed by atoms with van der Waals surface area (Å²) < 4.78 is 0. The maximum absolute atomic E-state index is 11.0. The monoisotopic (exact) mass is 202 g/mol. The van der Waals surface area contributed by atoms with Crippen LogP contribution < -0.4 is 5.32 Å². The highest BCUT2D eigenvalue weighted by atomic mass is 16.3. The molecule has 0 spiro atoms. The van der Waals surface area contributed by atoms with Gasteiger partial charge in [0.1, 0.15) is 6.61 Å². The Kier molecular flexibility index (Phi) is 2.60. The number of hydrogen-bond acceptors (Lipinski definition) is 3. The second-order valence-corrected chi connectivity index (χ2v) is 3.09. The van der Waals surface area contributed by atoms with Gasteiger partial charge in [-0.1, -0.05) is 18.2 Å². The van der Waals surface area contributed by atoms with Crippen LogP contribution in [0.3, 0.4) is 0 Å². The molecule has 1 aromatic carbocycles. The minimum absolute atomic E-state index is 0.437. The molecule has 1 amide bonds. The lowest BCUT2D eigenvalue weighted by atomic mass is 10.2. The molecule has 0 unspecified atom stereocenters. The topological polar surface area (TPSA) is 62.2 Å². The van der Waals surface area contributed by atoms with Gasteiger partial charge in [0, 0.05) is 11.6 Å². The number of aromatic nitrogens is 1. The van der Waals surface area contributed by atoms with Crippen molar-refractivity contribution in [2.24, 2.45) is 0 Å². The number of nitrogens with zero attached hydrogens (tertiary/aromatic N) is 1. The highest BCUT2D eigenvalue weighted by molar-refractivity contribution is 6.00. The maximum Gasteiger partial charge on any atom is 0.250 e. The largest absolute Gasteiger partial charge is 0.387 e. The number of carbonyl (C=O) groups excluding carboxylic acids is 1. The van der Waals surface area contributed by atoms with Crippen LogP contribution in [-0.2, 0) is 4.79 Å². The Morgan fingerprint density at radius 1 is 1.33 bits per heavy atom. The van der Waals surface area contributed by atoms with Crippen molar-refractivity contribution in [3.05, 3.63) is 36.5 Å². The van der Waals surface area contributed by atoms with Crippen LogP contribution in [0.1, 0.15) is 0 Å². The lowest BCUT2D eigenvalue weighted by Crippen LogP contribution is -2.15. The number of pyridine rings is 1. The molecule has 2 rings (SSSR count). The van der Waals surface area contributed by atoms with E-state index < -0.39 is 12.5 Å². The second-order valence-electron chi connectivity index (χ2n) is 3.09. The van der Waals surface area contributed by atoms with E-state index in [1.165, 1.54) is 0 Å². The summed E-state index contributed by atoms with van der Waals surface area (Å²) in [6.45, 7) is -0.525. The number of anilines is 1. The third kappa shape index (κ3) is 1.94. The van der Waals surface area contributed by atoms with Crippen molar-refractivity contribution < 1.29 is 9.90 Å². The zero-order valence-electron chi connectivity index (χ0n) is 7.97. The summed E-state index contributed by atoms with van der Waals surface area (Å²) in [5.41, 5.74) is 1.34. The van der Waals surface area contributed by atoms with Gasteiger partial charge < -0.3 is 10.4 Å². The number of hydrogen-bond donors (Lipinski definition) is 2. The van der Waals surface area contributed by atoms with Crippen LogP contribution in [0.2, 0.25) is 0 Å². The zero-order chi connectivity index (χ0) is 10.7. The minimum Gasteiger partial charge on any atom is -0.387 e. The van der Waals surface area contributed by atoms with E-state index in [4.69, 9.17) is 5.11 Å². The van der Waals surface area contributed by atoms with Crippen LogP contribution in [0.5, 0.6) is 0 Å². The molecule has 15 heavy (non-hydrogen) atoms. The first-order valence-electron chi connectivity index (χ1n) is 4.56. The molecule has 0 bridgehead atoms. The Hall–Kier alpha value is -1.94. The lowest BCUT2D eigenvalue weighted by molar-refractivity contribution is -0.118. The molecule has 0 atom stereocenters. The van der Waals surface area contributed by atoms with Crippen molar-refractivity contribution in [2.45, 2.75) is 0 Å². The molecule has 0 fully saturated rings. The Labute approximate surface area is 86.6 Å². The molecule has 0 aliphatic heterocycles. The summed E-state index contributed by atoms with van der Waals surface area (Å²) in [5, 5.41) is 12.2. The molecule has 1 aromatic heterocycles. The van der Waals surface area contributed by atoms with E-state index in [9.17, 15) is 4.79 Å². The van der Waals surface area contributed by atoms with Gasteiger partial charge in [-0.15, -0.1) is 0 Å². The normalized spacial score (nSPS) is 10.2. The molecule has 4 heteroatoms. The average molecular weight is 202 g/mol. The van der Waals surface area contributed by atoms with Crippen molar-refractivity contribution >= 4 is 22.5 Å². The van der Waals surface area contributed by atoms with Crippen LogP contribution in [0, 0.1) is 0 Å². The molecule has 0 saturated carbocycles. The SMILES string of the molecule is O=C(CO)Nc1cccc2cccnc12. The first-order valence-corrected chi connectivity index (χ1v) is 4.56. The zero-order valence-corrected chi connectivity index (χ0v) is 7.97. The maximum atomic E-state index is 11.0. The van der Waals surface area contributed by atoms with Gasteiger partial charge in [-0.2, -0.15) is 0 Å². The van der Waals surface area contributed by atoms with Gasteiger partial charge in [-0.05, 0) is 12.1 Å². The Morgan fingerprint density at radius 2 is 2.13 bits per heavy atom.